The van der Waals surface area contributed by atoms with E-state index in [1.165, 1.54) is 36.2 Å². The average Bonchev–Trinajstić information content (AvgIpc) is 2.63. The molecule has 31 heavy (non-hydrogen) atoms. The highest BCUT2D eigenvalue weighted by molar-refractivity contribution is 5.57. The van der Waals surface area contributed by atoms with Gasteiger partial charge in [-0.15, -0.1) is 0 Å². The Balaban J connectivity index is 2.24. The topological polar surface area (TPSA) is 37.4 Å². The van der Waals surface area contributed by atoms with Gasteiger partial charge in [-0.3, -0.25) is 0 Å². The quantitative estimate of drug-likeness (QED) is 0.507. The first-order valence-electron chi connectivity index (χ1n) is 8.53. The number of hydrogen-bond donors (Lipinski definition) is 1. The van der Waals surface area contributed by atoms with Crippen LogP contribution in [-0.2, 0) is 12.1 Å². The van der Waals surface area contributed by atoms with E-state index < -0.39 is 42.1 Å². The zero-order valence-corrected chi connectivity index (χ0v) is 16.2. The molecule has 170 valence electrons. The second kappa shape index (κ2) is 8.60. The van der Waals surface area contributed by atoms with Gasteiger partial charge < -0.3 is 15.0 Å². The van der Waals surface area contributed by atoms with Crippen molar-refractivity contribution in [3.63, 3.8) is 0 Å². The summed E-state index contributed by atoms with van der Waals surface area (Å²) in [5.41, 5.74) is -1.16. The lowest BCUT2D eigenvalue weighted by Crippen LogP contribution is -2.23. The molecule has 0 fully saturated rings. The minimum Gasteiger partial charge on any atom is -0.468 e. The summed E-state index contributed by atoms with van der Waals surface area (Å²) in [7, 11) is 1.45. The van der Waals surface area contributed by atoms with Gasteiger partial charge in [-0.05, 0) is 18.2 Å². The van der Waals surface area contributed by atoms with Crippen molar-refractivity contribution in [1.29, 1.82) is 0 Å². The van der Waals surface area contributed by atoms with Crippen molar-refractivity contribution in [2.45, 2.75) is 25.2 Å². The van der Waals surface area contributed by atoms with E-state index in [0.717, 1.165) is 6.92 Å². The number of pyridine rings is 1. The molecule has 1 aromatic carbocycles. The Kier molecular flexibility index (Phi) is 6.72. The highest BCUT2D eigenvalue weighted by atomic mass is 19.4. The maximum atomic E-state index is 13.3. The summed E-state index contributed by atoms with van der Waals surface area (Å²) < 4.78 is 107. The number of anilines is 2. The molecule has 2 rings (SSSR count). The summed E-state index contributed by atoms with van der Waals surface area (Å²) in [6, 6.07) is 5.94. The van der Waals surface area contributed by atoms with Gasteiger partial charge in [-0.1, -0.05) is 18.7 Å². The van der Waals surface area contributed by atoms with E-state index in [1.54, 1.807) is 0 Å². The number of benzene rings is 1. The number of nitrogens with zero attached hydrogens (tertiary/aromatic N) is 2. The molecule has 4 nitrogen and oxygen atoms in total. The largest absolute Gasteiger partial charge is 0.468 e. The van der Waals surface area contributed by atoms with Crippen molar-refractivity contribution < 1.29 is 39.9 Å². The molecule has 1 heterocycles. The van der Waals surface area contributed by atoms with Gasteiger partial charge in [0, 0.05) is 31.3 Å². The minimum atomic E-state index is -4.87. The zero-order chi connectivity index (χ0) is 23.6. The molecule has 0 atom stereocenters. The molecule has 0 amide bonds. The van der Waals surface area contributed by atoms with Crippen LogP contribution in [0.4, 0.5) is 46.6 Å². The lowest BCUT2D eigenvalue weighted by Gasteiger charge is -2.24. The first-order chi connectivity index (χ1) is 14.1. The molecule has 0 aliphatic rings. The fourth-order valence-corrected chi connectivity index (χ4v) is 2.33. The number of alkyl halides is 8. The van der Waals surface area contributed by atoms with Crippen LogP contribution in [0.3, 0.4) is 0 Å². The first kappa shape index (κ1) is 24.2. The van der Waals surface area contributed by atoms with Crippen LogP contribution in [-0.4, -0.2) is 24.8 Å². The number of nitrogens with one attached hydrogen (secondary N) is 1. The molecule has 1 N–H and O–H groups in total. The van der Waals surface area contributed by atoms with Crippen molar-refractivity contribution in [2.75, 3.05) is 23.9 Å². The summed E-state index contributed by atoms with van der Waals surface area (Å²) in [5, 5.41) is 2.45. The number of hydrogen-bond acceptors (Lipinski definition) is 4. The van der Waals surface area contributed by atoms with E-state index in [1.807, 2.05) is 0 Å². The Labute approximate surface area is 172 Å². The van der Waals surface area contributed by atoms with Crippen molar-refractivity contribution in [2.24, 2.45) is 0 Å². The molecule has 0 unspecified atom stereocenters. The number of ether oxygens (including phenoxy) is 1. The van der Waals surface area contributed by atoms with Crippen LogP contribution in [0.25, 0.3) is 0 Å². The van der Waals surface area contributed by atoms with Crippen LogP contribution >= 0.6 is 0 Å². The van der Waals surface area contributed by atoms with Gasteiger partial charge in [0.25, 0.3) is 5.92 Å². The maximum absolute atomic E-state index is 13.3. The lowest BCUT2D eigenvalue weighted by molar-refractivity contribution is -0.154. The van der Waals surface area contributed by atoms with E-state index >= 15 is 0 Å². The van der Waals surface area contributed by atoms with Gasteiger partial charge in [-0.25, -0.2) is 8.78 Å². The molecule has 0 aliphatic carbocycles. The molecule has 0 bridgehead atoms. The first-order valence-corrected chi connectivity index (χ1v) is 8.53. The molecule has 0 saturated heterocycles. The SMILES string of the molecule is C=C(Nc1cc(C(F)(F)F)cc(OCC(F)(F)F)n1)N(C)c1ccc(C(C)(F)F)cc1. The van der Waals surface area contributed by atoms with E-state index in [2.05, 4.69) is 21.6 Å². The zero-order valence-electron chi connectivity index (χ0n) is 16.2. The Bertz CT molecular complexity index is 918. The molecule has 2 aromatic rings. The van der Waals surface area contributed by atoms with Crippen LogP contribution in [0.5, 0.6) is 5.88 Å². The molecule has 1 aromatic heterocycles. The van der Waals surface area contributed by atoms with Gasteiger partial charge in [0.2, 0.25) is 5.88 Å². The number of rotatable bonds is 7. The second-order valence-corrected chi connectivity index (χ2v) is 6.55. The molecule has 0 radical (unpaired) electrons. The molecule has 0 saturated carbocycles. The van der Waals surface area contributed by atoms with E-state index in [-0.39, 0.29) is 11.4 Å². The number of aromatic nitrogens is 1. The Morgan fingerprint density at radius 3 is 2.06 bits per heavy atom. The Hall–Kier alpha value is -3.05. The van der Waals surface area contributed by atoms with Crippen LogP contribution in [0.2, 0.25) is 0 Å². The maximum Gasteiger partial charge on any atom is 0.422 e. The highest BCUT2D eigenvalue weighted by Gasteiger charge is 2.33. The third-order valence-corrected chi connectivity index (χ3v) is 3.95. The van der Waals surface area contributed by atoms with Crippen molar-refractivity contribution >= 4 is 11.5 Å². The van der Waals surface area contributed by atoms with Gasteiger partial charge >= 0.3 is 12.4 Å². The predicted molar refractivity (Wildman–Crippen MR) is 98.0 cm³/mol. The molecule has 0 aliphatic heterocycles. The fourth-order valence-electron chi connectivity index (χ4n) is 2.33. The van der Waals surface area contributed by atoms with E-state index in [0.29, 0.717) is 17.8 Å². The summed E-state index contributed by atoms with van der Waals surface area (Å²) >= 11 is 0. The van der Waals surface area contributed by atoms with E-state index in [9.17, 15) is 35.1 Å². The third kappa shape index (κ3) is 7.00. The summed E-state index contributed by atoms with van der Waals surface area (Å²) in [6.45, 7) is 2.53. The highest BCUT2D eigenvalue weighted by Crippen LogP contribution is 2.34. The Morgan fingerprint density at radius 2 is 1.58 bits per heavy atom. The lowest BCUT2D eigenvalue weighted by atomic mass is 10.1. The van der Waals surface area contributed by atoms with Crippen LogP contribution in [0, 0.1) is 0 Å². The standard InChI is InChI=1S/C19H17F8N3O/c1-11(30(3)14-6-4-12(5-7-14)17(2,20)21)28-15-8-13(19(25,26)27)9-16(29-15)31-10-18(22,23)24/h4-9H,1,10H2,2-3H3,(H,28,29). The molecular weight excluding hydrogens is 438 g/mol. The minimum absolute atomic E-state index is 0.0235. The van der Waals surface area contributed by atoms with Crippen molar-refractivity contribution in [1.82, 2.24) is 4.98 Å². The van der Waals surface area contributed by atoms with Gasteiger partial charge in [0.1, 0.15) is 11.6 Å². The summed E-state index contributed by atoms with van der Waals surface area (Å²) in [5.74, 6) is -4.44. The molecular formula is C19H17F8N3O. The molecule has 0 spiro atoms. The van der Waals surface area contributed by atoms with Crippen LogP contribution < -0.4 is 15.0 Å². The third-order valence-electron chi connectivity index (χ3n) is 3.95. The number of halogens is 8. The summed E-state index contributed by atoms with van der Waals surface area (Å²) in [6.07, 6.45) is -9.64. The van der Waals surface area contributed by atoms with Gasteiger partial charge in [-0.2, -0.15) is 31.3 Å². The normalized spacial score (nSPS) is 12.5. The molecule has 12 heteroatoms. The monoisotopic (exact) mass is 455 g/mol. The van der Waals surface area contributed by atoms with Crippen molar-refractivity contribution in [3.8, 4) is 5.88 Å². The van der Waals surface area contributed by atoms with Gasteiger partial charge in [0.15, 0.2) is 6.61 Å². The van der Waals surface area contributed by atoms with Crippen LogP contribution in [0.15, 0.2) is 48.8 Å². The van der Waals surface area contributed by atoms with Gasteiger partial charge in [0.05, 0.1) is 5.56 Å². The van der Waals surface area contributed by atoms with Crippen LogP contribution in [0.1, 0.15) is 18.1 Å². The summed E-state index contributed by atoms with van der Waals surface area (Å²) in [4.78, 5) is 4.92. The van der Waals surface area contributed by atoms with E-state index in [4.69, 9.17) is 0 Å². The second-order valence-electron chi connectivity index (χ2n) is 6.55. The average molecular weight is 455 g/mol. The predicted octanol–water partition coefficient (Wildman–Crippen LogP) is 6.17. The smallest absolute Gasteiger partial charge is 0.422 e. The fraction of sp³-hybridized carbons (Fsp3) is 0.316. The van der Waals surface area contributed by atoms with Crippen molar-refractivity contribution in [3.05, 3.63) is 59.9 Å². The Morgan fingerprint density at radius 1 is 1.00 bits per heavy atom.